The van der Waals surface area contributed by atoms with E-state index in [0.29, 0.717) is 32.7 Å². The van der Waals surface area contributed by atoms with E-state index in [0.717, 1.165) is 44.5 Å². The third-order valence-corrected chi connectivity index (χ3v) is 9.62. The summed E-state index contributed by atoms with van der Waals surface area (Å²) in [5, 5.41) is 0. The summed E-state index contributed by atoms with van der Waals surface area (Å²) in [5.41, 5.74) is 0.627. The lowest BCUT2D eigenvalue weighted by Crippen LogP contribution is -2.47. The Hall–Kier alpha value is -2.28. The minimum atomic E-state index is -3.17. The van der Waals surface area contributed by atoms with Crippen molar-refractivity contribution >= 4 is 61.6 Å². The van der Waals surface area contributed by atoms with Crippen LogP contribution in [-0.4, -0.2) is 88.1 Å². The van der Waals surface area contributed by atoms with Gasteiger partial charge < -0.3 is 9.80 Å². The molecular formula is C22H25N5O4S3. The number of rotatable bonds is 4. The summed E-state index contributed by atoms with van der Waals surface area (Å²) >= 11 is 6.54. The number of sulfone groups is 1. The van der Waals surface area contributed by atoms with E-state index in [1.54, 1.807) is 24.4 Å². The number of piperazine rings is 1. The van der Waals surface area contributed by atoms with Crippen molar-refractivity contribution in [3.05, 3.63) is 45.2 Å². The van der Waals surface area contributed by atoms with Gasteiger partial charge in [0.2, 0.25) is 0 Å². The third kappa shape index (κ3) is 4.28. The van der Waals surface area contributed by atoms with E-state index in [4.69, 9.17) is 17.2 Å². The van der Waals surface area contributed by atoms with Gasteiger partial charge in [-0.25, -0.2) is 13.4 Å². The molecule has 0 radical (unpaired) electrons. The van der Waals surface area contributed by atoms with Crippen LogP contribution in [0.4, 0.5) is 5.82 Å². The van der Waals surface area contributed by atoms with E-state index in [1.807, 2.05) is 6.07 Å². The number of aromatic nitrogens is 2. The summed E-state index contributed by atoms with van der Waals surface area (Å²) in [6, 6.07) is 4.93. The molecule has 34 heavy (non-hydrogen) atoms. The van der Waals surface area contributed by atoms with Gasteiger partial charge in [0.15, 0.2) is 9.84 Å². The van der Waals surface area contributed by atoms with Crippen LogP contribution in [0.5, 0.6) is 0 Å². The molecule has 5 heterocycles. The Balaban J connectivity index is 1.55. The van der Waals surface area contributed by atoms with Crippen molar-refractivity contribution in [2.75, 3.05) is 49.1 Å². The van der Waals surface area contributed by atoms with Crippen molar-refractivity contribution in [2.24, 2.45) is 0 Å². The minimum absolute atomic E-state index is 0.0532. The van der Waals surface area contributed by atoms with Gasteiger partial charge in [-0.05, 0) is 31.2 Å². The number of likely N-dealkylation sites (N-methyl/N-ethyl adjacent to an activating group) is 1. The molecule has 0 spiro atoms. The molecule has 3 aliphatic rings. The van der Waals surface area contributed by atoms with Gasteiger partial charge in [0.05, 0.1) is 28.0 Å². The number of amides is 1. The lowest BCUT2D eigenvalue weighted by Gasteiger charge is -2.35. The highest BCUT2D eigenvalue weighted by Gasteiger charge is 2.42. The average molecular weight is 520 g/mol. The molecule has 0 bridgehead atoms. The average Bonchev–Trinajstić information content (AvgIpc) is 3.32. The number of pyridine rings is 1. The maximum Gasteiger partial charge on any atom is 0.267 e. The number of fused-ring (bicyclic) bond motifs is 1. The van der Waals surface area contributed by atoms with Crippen molar-refractivity contribution in [3.8, 4) is 0 Å². The Labute approximate surface area is 207 Å². The molecule has 1 unspecified atom stereocenters. The monoisotopic (exact) mass is 519 g/mol. The maximum atomic E-state index is 13.5. The molecule has 3 aliphatic heterocycles. The number of hydrogen-bond acceptors (Lipinski definition) is 9. The molecule has 2 aromatic heterocycles. The Morgan fingerprint density at radius 2 is 1.97 bits per heavy atom. The summed E-state index contributed by atoms with van der Waals surface area (Å²) in [5.74, 6) is 0.175. The van der Waals surface area contributed by atoms with E-state index < -0.39 is 15.9 Å². The number of hydrogen-bond donors (Lipinski definition) is 0. The predicted octanol–water partition coefficient (Wildman–Crippen LogP) is 1.22. The fourth-order valence-corrected chi connectivity index (χ4v) is 7.72. The van der Waals surface area contributed by atoms with Crippen LogP contribution >= 0.6 is 24.0 Å². The predicted molar refractivity (Wildman–Crippen MR) is 138 cm³/mol. The van der Waals surface area contributed by atoms with Crippen LogP contribution in [0.3, 0.4) is 0 Å². The van der Waals surface area contributed by atoms with Crippen LogP contribution in [0.15, 0.2) is 34.1 Å². The van der Waals surface area contributed by atoms with Crippen molar-refractivity contribution < 1.29 is 13.2 Å². The van der Waals surface area contributed by atoms with Gasteiger partial charge in [0.25, 0.3) is 11.5 Å². The van der Waals surface area contributed by atoms with Crippen LogP contribution in [0.2, 0.25) is 0 Å². The normalized spacial score (nSPS) is 24.6. The zero-order chi connectivity index (χ0) is 24.0. The second-order valence-electron chi connectivity index (χ2n) is 8.61. The van der Waals surface area contributed by atoms with Crippen LogP contribution in [-0.2, 0) is 14.6 Å². The largest absolute Gasteiger partial charge is 0.353 e. The van der Waals surface area contributed by atoms with Gasteiger partial charge >= 0.3 is 0 Å². The van der Waals surface area contributed by atoms with Gasteiger partial charge in [-0.1, -0.05) is 37.0 Å². The molecule has 0 aliphatic carbocycles. The quantitative estimate of drug-likeness (QED) is 0.437. The Bertz CT molecular complexity index is 1360. The second kappa shape index (κ2) is 9.06. The standard InChI is InChI=1S/C22H25N5O4S3/c1-2-24-8-10-25(11-9-24)19-16(20(28)26-7-4-3-5-18(26)23-19)13-17-21(29)27(22(32)33-17)15-6-12-34(30,31)14-15/h3-5,7,13,15H,2,6,8-12,14H2,1H3/b17-13+. The maximum absolute atomic E-state index is 13.5. The summed E-state index contributed by atoms with van der Waals surface area (Å²) in [4.78, 5) is 37.7. The Morgan fingerprint density at radius 1 is 1.21 bits per heavy atom. The van der Waals surface area contributed by atoms with Crippen LogP contribution in [0.25, 0.3) is 11.7 Å². The topological polar surface area (TPSA) is 95.3 Å². The zero-order valence-electron chi connectivity index (χ0n) is 18.7. The lowest BCUT2D eigenvalue weighted by atomic mass is 10.2. The number of thioether (sulfide) groups is 1. The highest BCUT2D eigenvalue weighted by Crippen LogP contribution is 2.37. The number of nitrogens with zero attached hydrogens (tertiary/aromatic N) is 5. The first-order chi connectivity index (χ1) is 16.3. The Kier molecular flexibility index (Phi) is 6.25. The number of anilines is 1. The van der Waals surface area contributed by atoms with E-state index in [-0.39, 0.29) is 23.0 Å². The van der Waals surface area contributed by atoms with Gasteiger partial charge in [-0.3, -0.25) is 18.9 Å². The molecule has 1 atom stereocenters. The van der Waals surface area contributed by atoms with Crippen molar-refractivity contribution in [2.45, 2.75) is 19.4 Å². The highest BCUT2D eigenvalue weighted by molar-refractivity contribution is 8.26. The van der Waals surface area contributed by atoms with Crippen LogP contribution in [0, 0.1) is 0 Å². The van der Waals surface area contributed by atoms with Crippen LogP contribution < -0.4 is 10.5 Å². The summed E-state index contributed by atoms with van der Waals surface area (Å²) in [7, 11) is -3.17. The zero-order valence-corrected chi connectivity index (χ0v) is 21.2. The molecule has 0 saturated carbocycles. The molecule has 5 rings (SSSR count). The molecular weight excluding hydrogens is 494 g/mol. The van der Waals surface area contributed by atoms with Gasteiger partial charge in [-0.15, -0.1) is 0 Å². The highest BCUT2D eigenvalue weighted by atomic mass is 32.2. The van der Waals surface area contributed by atoms with Gasteiger partial charge in [-0.2, -0.15) is 0 Å². The summed E-state index contributed by atoms with van der Waals surface area (Å²) in [6.45, 7) is 6.28. The second-order valence-corrected chi connectivity index (χ2v) is 12.5. The summed E-state index contributed by atoms with van der Waals surface area (Å²) < 4.78 is 25.7. The molecule has 12 heteroatoms. The van der Waals surface area contributed by atoms with E-state index in [1.165, 1.54) is 9.30 Å². The smallest absolute Gasteiger partial charge is 0.267 e. The molecule has 1 amide bonds. The first-order valence-corrected chi connectivity index (χ1v) is 14.3. The summed E-state index contributed by atoms with van der Waals surface area (Å²) in [6.07, 6.45) is 3.61. The molecule has 3 saturated heterocycles. The fourth-order valence-electron chi connectivity index (χ4n) is 4.64. The van der Waals surface area contributed by atoms with Gasteiger partial charge in [0.1, 0.15) is 15.8 Å². The molecule has 9 nitrogen and oxygen atoms in total. The Morgan fingerprint density at radius 3 is 2.65 bits per heavy atom. The van der Waals surface area contributed by atoms with E-state index >= 15 is 0 Å². The third-order valence-electron chi connectivity index (χ3n) is 6.54. The molecule has 2 aromatic rings. The molecule has 0 N–H and O–H groups in total. The minimum Gasteiger partial charge on any atom is -0.353 e. The van der Waals surface area contributed by atoms with Gasteiger partial charge in [0, 0.05) is 32.4 Å². The molecule has 3 fully saturated rings. The van der Waals surface area contributed by atoms with Crippen molar-refractivity contribution in [1.29, 1.82) is 0 Å². The first-order valence-electron chi connectivity index (χ1n) is 11.2. The lowest BCUT2D eigenvalue weighted by molar-refractivity contribution is -0.123. The van der Waals surface area contributed by atoms with E-state index in [2.05, 4.69) is 16.7 Å². The first kappa shape index (κ1) is 23.5. The van der Waals surface area contributed by atoms with E-state index in [9.17, 15) is 18.0 Å². The fraction of sp³-hybridized carbons (Fsp3) is 0.455. The number of carbonyl (C=O) groups is 1. The number of thiocarbonyl (C=S) groups is 1. The van der Waals surface area contributed by atoms with Crippen molar-refractivity contribution in [3.63, 3.8) is 0 Å². The number of carbonyl (C=O) groups excluding carboxylic acids is 1. The SMILES string of the molecule is CCN1CCN(c2nc3ccccn3c(=O)c2/C=C2/SC(=S)N(C3CCS(=O)(=O)C3)C2=O)CC1. The van der Waals surface area contributed by atoms with Crippen molar-refractivity contribution in [1.82, 2.24) is 19.2 Å². The van der Waals surface area contributed by atoms with Crippen LogP contribution in [0.1, 0.15) is 18.9 Å². The molecule has 180 valence electrons. The molecule has 0 aromatic carbocycles.